The van der Waals surface area contributed by atoms with Crippen molar-refractivity contribution in [3.63, 3.8) is 0 Å². The van der Waals surface area contributed by atoms with Gasteiger partial charge in [0, 0.05) is 30.8 Å². The quantitative estimate of drug-likeness (QED) is 0.376. The monoisotopic (exact) mass is 542 g/mol. The summed E-state index contributed by atoms with van der Waals surface area (Å²) in [6.45, 7) is 7.00. The summed E-state index contributed by atoms with van der Waals surface area (Å²) in [6.07, 6.45) is -5.74. The molecule has 0 spiro atoms. The highest BCUT2D eigenvalue weighted by molar-refractivity contribution is 6.46. The summed E-state index contributed by atoms with van der Waals surface area (Å²) in [5.74, 6) is -4.86. The van der Waals surface area contributed by atoms with E-state index in [0.717, 1.165) is 0 Å². The fourth-order valence-electron chi connectivity index (χ4n) is 7.45. The molecule has 4 aliphatic rings. The molecule has 10 heteroatoms. The first-order valence-electron chi connectivity index (χ1n) is 13.1. The second-order valence-corrected chi connectivity index (χ2v) is 12.0. The van der Waals surface area contributed by atoms with E-state index in [1.807, 2.05) is 0 Å². The van der Waals surface area contributed by atoms with E-state index in [1.54, 1.807) is 32.0 Å². The van der Waals surface area contributed by atoms with Crippen molar-refractivity contribution in [1.29, 1.82) is 0 Å². The number of benzene rings is 1. The standard InChI is InChI=1S/C29H34O10/c1-14-17(31)12-29(36)24(38-25(35)16-9-7-6-8-10-16)22-27(5,23(34)21(33)20(14)26(29,3)4)18(32)11-19-28(22,13-37-19)39-15(2)30/h6-10,17-19,22,24,31-32,36H,11-13H2,1-5H3/t17-,18-,19+,22?,24-,27+,28-,29+/m0/s1. The number of esters is 2. The van der Waals surface area contributed by atoms with Crippen LogP contribution in [0.25, 0.3) is 0 Å². The maximum atomic E-state index is 14.2. The molecule has 1 aromatic rings. The summed E-state index contributed by atoms with van der Waals surface area (Å²) in [6, 6.07) is 8.02. The van der Waals surface area contributed by atoms with Crippen molar-refractivity contribution >= 4 is 23.5 Å². The smallest absolute Gasteiger partial charge is 0.338 e. The number of fused-ring (bicyclic) bond motifs is 5. The summed E-state index contributed by atoms with van der Waals surface area (Å²) in [5, 5.41) is 35.1. The number of hydrogen-bond acceptors (Lipinski definition) is 10. The van der Waals surface area contributed by atoms with Crippen LogP contribution in [0.1, 0.15) is 57.8 Å². The number of aliphatic hydroxyl groups is 3. The third-order valence-electron chi connectivity index (χ3n) is 9.74. The molecule has 1 aromatic carbocycles. The molecule has 5 rings (SSSR count). The van der Waals surface area contributed by atoms with Crippen molar-refractivity contribution in [1.82, 2.24) is 0 Å². The zero-order chi connectivity index (χ0) is 28.7. The molecule has 2 bridgehead atoms. The number of rotatable bonds is 3. The van der Waals surface area contributed by atoms with Gasteiger partial charge in [-0.1, -0.05) is 32.0 Å². The van der Waals surface area contributed by atoms with E-state index in [4.69, 9.17) is 14.2 Å². The first-order valence-corrected chi connectivity index (χ1v) is 13.1. The van der Waals surface area contributed by atoms with Gasteiger partial charge in [0.1, 0.15) is 17.8 Å². The summed E-state index contributed by atoms with van der Waals surface area (Å²) in [5.41, 5.74) is -6.86. The van der Waals surface area contributed by atoms with Gasteiger partial charge in [0.15, 0.2) is 5.60 Å². The molecule has 0 aromatic heterocycles. The van der Waals surface area contributed by atoms with Crippen LogP contribution in [0.15, 0.2) is 41.5 Å². The van der Waals surface area contributed by atoms with Gasteiger partial charge in [-0.3, -0.25) is 14.4 Å². The lowest BCUT2D eigenvalue weighted by Gasteiger charge is -2.66. The number of hydrogen-bond donors (Lipinski definition) is 3. The lowest BCUT2D eigenvalue weighted by molar-refractivity contribution is -0.343. The van der Waals surface area contributed by atoms with Crippen LogP contribution in [0.2, 0.25) is 0 Å². The fourth-order valence-corrected chi connectivity index (χ4v) is 7.45. The van der Waals surface area contributed by atoms with E-state index in [0.29, 0.717) is 0 Å². The van der Waals surface area contributed by atoms with E-state index in [9.17, 15) is 34.5 Å². The molecule has 10 nitrogen and oxygen atoms in total. The minimum Gasteiger partial charge on any atom is -0.455 e. The summed E-state index contributed by atoms with van der Waals surface area (Å²) in [7, 11) is 0. The van der Waals surface area contributed by atoms with Gasteiger partial charge in [0.05, 0.1) is 35.7 Å². The van der Waals surface area contributed by atoms with Crippen LogP contribution < -0.4 is 0 Å². The molecule has 3 N–H and O–H groups in total. The Kier molecular flexibility index (Phi) is 6.23. The van der Waals surface area contributed by atoms with Crippen LogP contribution in [0.4, 0.5) is 0 Å². The Hall–Kier alpha value is -2.92. The average molecular weight is 543 g/mol. The predicted molar refractivity (Wildman–Crippen MR) is 134 cm³/mol. The largest absolute Gasteiger partial charge is 0.455 e. The van der Waals surface area contributed by atoms with Gasteiger partial charge in [-0.15, -0.1) is 0 Å². The van der Waals surface area contributed by atoms with Gasteiger partial charge in [-0.25, -0.2) is 4.79 Å². The molecule has 3 aliphatic carbocycles. The third kappa shape index (κ3) is 3.54. The van der Waals surface area contributed by atoms with Crippen LogP contribution in [0.5, 0.6) is 0 Å². The van der Waals surface area contributed by atoms with Crippen molar-refractivity contribution in [2.45, 2.75) is 83.1 Å². The van der Waals surface area contributed by atoms with Gasteiger partial charge in [0.25, 0.3) is 0 Å². The van der Waals surface area contributed by atoms with E-state index >= 15 is 0 Å². The predicted octanol–water partition coefficient (Wildman–Crippen LogP) is 1.29. The molecule has 2 saturated carbocycles. The van der Waals surface area contributed by atoms with Gasteiger partial charge >= 0.3 is 11.9 Å². The zero-order valence-corrected chi connectivity index (χ0v) is 22.6. The number of aliphatic hydroxyl groups excluding tert-OH is 2. The van der Waals surface area contributed by atoms with Gasteiger partial charge in [0.2, 0.25) is 11.6 Å². The van der Waals surface area contributed by atoms with Crippen molar-refractivity contribution in [2.75, 3.05) is 6.61 Å². The molecule has 0 radical (unpaired) electrons. The molecule has 1 unspecified atom stereocenters. The molecule has 39 heavy (non-hydrogen) atoms. The Labute approximate surface area is 225 Å². The van der Waals surface area contributed by atoms with Crippen molar-refractivity contribution in [3.05, 3.63) is 47.0 Å². The molecule has 1 heterocycles. The minimum absolute atomic E-state index is 0.0881. The number of carbonyl (C=O) groups is 4. The lowest BCUT2D eigenvalue weighted by atomic mass is 9.45. The van der Waals surface area contributed by atoms with Crippen LogP contribution in [0, 0.1) is 16.7 Å². The first-order chi connectivity index (χ1) is 18.1. The van der Waals surface area contributed by atoms with Crippen molar-refractivity contribution < 1.29 is 48.7 Å². The van der Waals surface area contributed by atoms with Crippen molar-refractivity contribution in [2.24, 2.45) is 16.7 Å². The Morgan fingerprint density at radius 1 is 1.08 bits per heavy atom. The summed E-state index contributed by atoms with van der Waals surface area (Å²) < 4.78 is 17.6. The fraction of sp³-hybridized carbons (Fsp3) is 0.586. The first kappa shape index (κ1) is 27.6. The van der Waals surface area contributed by atoms with Crippen LogP contribution in [0.3, 0.4) is 0 Å². The average Bonchev–Trinajstić information content (AvgIpc) is 2.87. The summed E-state index contributed by atoms with van der Waals surface area (Å²) in [4.78, 5) is 54.1. The van der Waals surface area contributed by atoms with Gasteiger partial charge in [-0.05, 0) is 31.6 Å². The van der Waals surface area contributed by atoms with Crippen molar-refractivity contribution in [3.8, 4) is 0 Å². The Morgan fingerprint density at radius 3 is 2.28 bits per heavy atom. The van der Waals surface area contributed by atoms with E-state index in [1.165, 1.54) is 32.9 Å². The number of carbonyl (C=O) groups excluding carboxylic acids is 4. The van der Waals surface area contributed by atoms with E-state index in [-0.39, 0.29) is 36.2 Å². The molecule has 0 amide bonds. The molecule has 210 valence electrons. The minimum atomic E-state index is -2.13. The van der Waals surface area contributed by atoms with Crippen LogP contribution >= 0.6 is 0 Å². The highest BCUT2D eigenvalue weighted by atomic mass is 16.6. The SMILES string of the molecule is CC(=O)O[C@@]12CO[C@@H]1C[C@H](O)[C@@]1(C)C(=O)C(=O)C3=C(C)[C@@H](O)C[C@@](O)([C@@H](OC(=O)c4ccccc4)C12)C3(C)C. The zero-order valence-electron chi connectivity index (χ0n) is 22.6. The Balaban J connectivity index is 1.82. The topological polar surface area (TPSA) is 157 Å². The lowest BCUT2D eigenvalue weighted by Crippen LogP contribution is -2.81. The summed E-state index contributed by atoms with van der Waals surface area (Å²) >= 11 is 0. The highest BCUT2D eigenvalue weighted by Gasteiger charge is 2.78. The molecule has 1 saturated heterocycles. The number of ketones is 2. The Morgan fingerprint density at radius 2 is 1.72 bits per heavy atom. The second-order valence-electron chi connectivity index (χ2n) is 12.0. The third-order valence-corrected chi connectivity index (χ3v) is 9.74. The maximum Gasteiger partial charge on any atom is 0.338 e. The van der Waals surface area contributed by atoms with Crippen LogP contribution in [-0.2, 0) is 28.6 Å². The maximum absolute atomic E-state index is 14.2. The molecular formula is C29H34O10. The molecule has 3 fully saturated rings. The molecule has 1 aliphatic heterocycles. The normalized spacial score (nSPS) is 40.9. The van der Waals surface area contributed by atoms with E-state index in [2.05, 4.69) is 0 Å². The second kappa shape index (κ2) is 8.79. The molecular weight excluding hydrogens is 508 g/mol. The molecule has 8 atom stereocenters. The van der Waals surface area contributed by atoms with E-state index < -0.39 is 75.9 Å². The Bertz CT molecular complexity index is 1280. The van der Waals surface area contributed by atoms with Gasteiger partial charge in [-0.2, -0.15) is 0 Å². The van der Waals surface area contributed by atoms with Gasteiger partial charge < -0.3 is 29.5 Å². The number of Topliss-reactive ketones (excluding diaryl/α,β-unsaturated/α-hetero) is 2. The number of ether oxygens (including phenoxy) is 3. The highest BCUT2D eigenvalue weighted by Crippen LogP contribution is 2.63. The van der Waals surface area contributed by atoms with Crippen LogP contribution in [-0.4, -0.2) is 81.0 Å².